The number of thiophene rings is 1. The first kappa shape index (κ1) is 13.8. The first-order valence-electron chi connectivity index (χ1n) is 5.20. The lowest BCUT2D eigenvalue weighted by molar-refractivity contribution is -0.138. The molecule has 0 saturated carbocycles. The molecule has 2 aromatic rings. The van der Waals surface area contributed by atoms with Crippen molar-refractivity contribution < 1.29 is 22.7 Å². The van der Waals surface area contributed by atoms with E-state index in [1.54, 1.807) is 11.4 Å². The molecule has 0 amide bonds. The van der Waals surface area contributed by atoms with Crippen LogP contribution in [0.2, 0.25) is 0 Å². The lowest BCUT2D eigenvalue weighted by Crippen LogP contribution is -2.18. The average molecular weight is 291 g/mol. The van der Waals surface area contributed by atoms with Gasteiger partial charge in [0.25, 0.3) is 0 Å². The van der Waals surface area contributed by atoms with E-state index in [1.807, 2.05) is 0 Å². The Kier molecular flexibility index (Phi) is 3.51. The summed E-state index contributed by atoms with van der Waals surface area (Å²) in [6, 6.07) is 3.07. The predicted molar refractivity (Wildman–Crippen MR) is 63.4 cm³/mol. The second-order valence-corrected chi connectivity index (χ2v) is 4.83. The Morgan fingerprint density at radius 1 is 1.21 bits per heavy atom. The van der Waals surface area contributed by atoms with E-state index in [2.05, 4.69) is 0 Å². The van der Waals surface area contributed by atoms with Crippen molar-refractivity contribution in [1.29, 1.82) is 0 Å². The third kappa shape index (κ3) is 2.57. The summed E-state index contributed by atoms with van der Waals surface area (Å²) in [6.07, 6.45) is -4.71. The topological polar surface area (TPSA) is 46.2 Å². The molecule has 0 spiro atoms. The van der Waals surface area contributed by atoms with Crippen LogP contribution in [0.25, 0.3) is 0 Å². The molecule has 1 aromatic carbocycles. The molecule has 19 heavy (non-hydrogen) atoms. The summed E-state index contributed by atoms with van der Waals surface area (Å²) in [5.41, 5.74) is 3.94. The van der Waals surface area contributed by atoms with Gasteiger partial charge in [-0.25, -0.2) is 4.39 Å². The Morgan fingerprint density at radius 3 is 2.42 bits per heavy atom. The average Bonchev–Trinajstić information content (AvgIpc) is 2.83. The summed E-state index contributed by atoms with van der Waals surface area (Å²) in [4.78, 5) is 0.409. The summed E-state index contributed by atoms with van der Waals surface area (Å²) in [5.74, 6) is -2.19. The molecule has 0 aliphatic carbocycles. The van der Waals surface area contributed by atoms with Gasteiger partial charge in [-0.1, -0.05) is 6.07 Å². The van der Waals surface area contributed by atoms with Gasteiger partial charge in [0.15, 0.2) is 11.6 Å². The summed E-state index contributed by atoms with van der Waals surface area (Å²) < 4.78 is 51.9. The van der Waals surface area contributed by atoms with Gasteiger partial charge in [0, 0.05) is 10.4 Å². The van der Waals surface area contributed by atoms with Crippen LogP contribution in [0.1, 0.15) is 22.0 Å². The maximum Gasteiger partial charge on any atom is 0.416 e. The van der Waals surface area contributed by atoms with Crippen molar-refractivity contribution in [2.24, 2.45) is 5.73 Å². The minimum absolute atomic E-state index is 0.409. The van der Waals surface area contributed by atoms with Crippen molar-refractivity contribution in [3.05, 3.63) is 51.5 Å². The van der Waals surface area contributed by atoms with Crippen molar-refractivity contribution in [2.45, 2.75) is 12.2 Å². The van der Waals surface area contributed by atoms with E-state index >= 15 is 0 Å². The molecule has 0 aliphatic heterocycles. The number of benzene rings is 1. The minimum Gasteiger partial charge on any atom is -0.505 e. The van der Waals surface area contributed by atoms with Gasteiger partial charge in [-0.2, -0.15) is 13.2 Å². The fourth-order valence-corrected chi connectivity index (χ4v) is 2.49. The number of aromatic hydroxyl groups is 1. The van der Waals surface area contributed by atoms with E-state index in [0.29, 0.717) is 17.0 Å². The first-order chi connectivity index (χ1) is 8.82. The second-order valence-electron chi connectivity index (χ2n) is 3.85. The summed E-state index contributed by atoms with van der Waals surface area (Å²) in [5, 5.41) is 11.2. The van der Waals surface area contributed by atoms with Gasteiger partial charge >= 0.3 is 6.18 Å². The van der Waals surface area contributed by atoms with Gasteiger partial charge in [-0.05, 0) is 23.6 Å². The lowest BCUT2D eigenvalue weighted by atomic mass is 9.97. The van der Waals surface area contributed by atoms with Crippen LogP contribution in [0.15, 0.2) is 29.6 Å². The van der Waals surface area contributed by atoms with E-state index in [1.165, 1.54) is 6.07 Å². The predicted octanol–water partition coefficient (Wildman–Crippen LogP) is 3.66. The fourth-order valence-electron chi connectivity index (χ4n) is 1.75. The van der Waals surface area contributed by atoms with E-state index in [-0.39, 0.29) is 0 Å². The van der Waals surface area contributed by atoms with Crippen LogP contribution in [0.4, 0.5) is 17.6 Å². The molecule has 2 nitrogen and oxygen atoms in total. The molecule has 0 aliphatic rings. The van der Waals surface area contributed by atoms with Crippen LogP contribution in [-0.4, -0.2) is 5.11 Å². The van der Waals surface area contributed by atoms with Crippen molar-refractivity contribution >= 4 is 11.3 Å². The molecular formula is C12H9F4NOS. The maximum absolute atomic E-state index is 13.3. The van der Waals surface area contributed by atoms with Crippen LogP contribution < -0.4 is 5.73 Å². The third-order valence-electron chi connectivity index (χ3n) is 2.63. The number of phenols is 1. The molecule has 0 radical (unpaired) electrons. The Hall–Kier alpha value is -1.60. The molecule has 3 N–H and O–H groups in total. The van der Waals surface area contributed by atoms with Crippen molar-refractivity contribution in [1.82, 2.24) is 0 Å². The Balaban J connectivity index is 2.63. The van der Waals surface area contributed by atoms with Crippen molar-refractivity contribution in [3.8, 4) is 5.75 Å². The zero-order chi connectivity index (χ0) is 14.2. The maximum atomic E-state index is 13.3. The third-order valence-corrected chi connectivity index (χ3v) is 3.59. The zero-order valence-electron chi connectivity index (χ0n) is 9.41. The van der Waals surface area contributed by atoms with Gasteiger partial charge in [0.2, 0.25) is 0 Å². The highest BCUT2D eigenvalue weighted by Gasteiger charge is 2.37. The van der Waals surface area contributed by atoms with Gasteiger partial charge in [-0.3, -0.25) is 0 Å². The summed E-state index contributed by atoms with van der Waals surface area (Å²) in [6.45, 7) is 0. The van der Waals surface area contributed by atoms with Gasteiger partial charge in [0.1, 0.15) is 0 Å². The van der Waals surface area contributed by atoms with Crippen molar-refractivity contribution in [2.75, 3.05) is 0 Å². The van der Waals surface area contributed by atoms with Crippen LogP contribution in [0, 0.1) is 5.82 Å². The summed E-state index contributed by atoms with van der Waals surface area (Å²) >= 11 is 1.13. The molecule has 102 valence electrons. The van der Waals surface area contributed by atoms with E-state index in [4.69, 9.17) is 5.73 Å². The number of nitrogens with two attached hydrogens (primary N) is 1. The second kappa shape index (κ2) is 4.82. The molecule has 7 heteroatoms. The molecule has 2 rings (SSSR count). The molecule has 0 bridgehead atoms. The quantitative estimate of drug-likeness (QED) is 0.829. The molecule has 1 aromatic heterocycles. The normalized spacial score (nSPS) is 13.5. The molecule has 1 atom stereocenters. The van der Waals surface area contributed by atoms with Crippen LogP contribution >= 0.6 is 11.3 Å². The number of alkyl halides is 3. The van der Waals surface area contributed by atoms with E-state index in [9.17, 15) is 22.7 Å². The standard InChI is InChI=1S/C12H9F4NOS/c13-7-4-3-6(12(14,15)16)9(11(7)18)10(17)8-2-1-5-19-8/h1-5,10,18H,17H2/t10-/m1/s1. The number of phenolic OH excluding ortho intramolecular Hbond substituents is 1. The Bertz CT molecular complexity index is 580. The molecule has 0 saturated heterocycles. The molecule has 0 fully saturated rings. The van der Waals surface area contributed by atoms with Gasteiger partial charge in [-0.15, -0.1) is 11.3 Å². The zero-order valence-corrected chi connectivity index (χ0v) is 10.2. The van der Waals surface area contributed by atoms with Crippen LogP contribution in [0.3, 0.4) is 0 Å². The smallest absolute Gasteiger partial charge is 0.416 e. The SMILES string of the molecule is N[C@H](c1cccs1)c1c(C(F)(F)F)ccc(F)c1O. The molecule has 0 unspecified atom stereocenters. The minimum atomic E-state index is -4.71. The summed E-state index contributed by atoms with van der Waals surface area (Å²) in [7, 11) is 0. The fraction of sp³-hybridized carbons (Fsp3) is 0.167. The van der Waals surface area contributed by atoms with Gasteiger partial charge < -0.3 is 10.8 Å². The van der Waals surface area contributed by atoms with E-state index < -0.39 is 34.9 Å². The van der Waals surface area contributed by atoms with Crippen LogP contribution in [-0.2, 0) is 6.18 Å². The molecular weight excluding hydrogens is 282 g/mol. The van der Waals surface area contributed by atoms with Crippen LogP contribution in [0.5, 0.6) is 5.75 Å². The van der Waals surface area contributed by atoms with Crippen molar-refractivity contribution in [3.63, 3.8) is 0 Å². The first-order valence-corrected chi connectivity index (χ1v) is 6.08. The monoisotopic (exact) mass is 291 g/mol. The Labute approximate surface area is 110 Å². The van der Waals surface area contributed by atoms with E-state index in [0.717, 1.165) is 11.3 Å². The number of halogens is 4. The Morgan fingerprint density at radius 2 is 1.89 bits per heavy atom. The number of hydrogen-bond acceptors (Lipinski definition) is 3. The number of rotatable bonds is 2. The molecule has 1 heterocycles. The highest BCUT2D eigenvalue weighted by atomic mass is 32.1. The number of hydrogen-bond donors (Lipinski definition) is 2. The van der Waals surface area contributed by atoms with Gasteiger partial charge in [0.05, 0.1) is 11.6 Å². The highest BCUT2D eigenvalue weighted by molar-refractivity contribution is 7.10. The largest absolute Gasteiger partial charge is 0.505 e. The highest BCUT2D eigenvalue weighted by Crippen LogP contribution is 2.41. The lowest BCUT2D eigenvalue weighted by Gasteiger charge is -2.19.